The Labute approximate surface area is 280 Å². The number of aliphatic carboxylic acids is 1. The summed E-state index contributed by atoms with van der Waals surface area (Å²) in [6.45, 7) is 14.1. The molecule has 7 nitrogen and oxygen atoms in total. The number of fused-ring (bicyclic) bond motifs is 7. The number of esters is 1. The molecule has 0 bridgehead atoms. The molecule has 0 unspecified atom stereocenters. The van der Waals surface area contributed by atoms with Crippen LogP contribution >= 0.6 is 0 Å². The van der Waals surface area contributed by atoms with E-state index in [1.165, 1.54) is 24.8 Å². The quantitative estimate of drug-likeness (QED) is 0.162. The third-order valence-corrected chi connectivity index (χ3v) is 14.8. The average molecular weight is 649 g/mol. The van der Waals surface area contributed by atoms with Crippen LogP contribution in [0.15, 0.2) is 35.9 Å². The van der Waals surface area contributed by atoms with Gasteiger partial charge in [0, 0.05) is 11.5 Å². The molecule has 0 amide bonds. The van der Waals surface area contributed by atoms with Crippen molar-refractivity contribution in [2.45, 2.75) is 112 Å². The van der Waals surface area contributed by atoms with Crippen molar-refractivity contribution in [2.24, 2.45) is 50.2 Å². The van der Waals surface area contributed by atoms with Crippen molar-refractivity contribution in [3.8, 4) is 11.5 Å². The molecule has 8 atom stereocenters. The van der Waals surface area contributed by atoms with Gasteiger partial charge >= 0.3 is 11.9 Å². The van der Waals surface area contributed by atoms with E-state index in [4.69, 9.17) is 9.47 Å². The van der Waals surface area contributed by atoms with Gasteiger partial charge in [0.1, 0.15) is 6.61 Å². The Bertz CT molecular complexity index is 1490. The Balaban J connectivity index is 1.40. The first-order valence-electron chi connectivity index (χ1n) is 17.8. The molecule has 3 N–H and O–H groups in total. The fourth-order valence-electron chi connectivity index (χ4n) is 11.9. The number of ether oxygens (including phenoxy) is 2. The number of allylic oxidation sites excluding steroid dienone is 1. The maximum atomic E-state index is 13.5. The second-order valence-electron chi connectivity index (χ2n) is 17.7. The van der Waals surface area contributed by atoms with Crippen LogP contribution in [0.4, 0.5) is 0 Å². The van der Waals surface area contributed by atoms with Crippen molar-refractivity contribution in [1.29, 1.82) is 0 Å². The molecule has 0 saturated heterocycles. The van der Waals surface area contributed by atoms with E-state index in [-0.39, 0.29) is 46.0 Å². The summed E-state index contributed by atoms with van der Waals surface area (Å²) >= 11 is 0. The van der Waals surface area contributed by atoms with Gasteiger partial charge in [-0.2, -0.15) is 0 Å². The number of carboxylic acids is 1. The lowest BCUT2D eigenvalue weighted by Crippen LogP contribution is -2.66. The van der Waals surface area contributed by atoms with Gasteiger partial charge in [0.25, 0.3) is 0 Å². The molecule has 258 valence electrons. The van der Waals surface area contributed by atoms with Crippen molar-refractivity contribution >= 4 is 18.0 Å². The second-order valence-corrected chi connectivity index (χ2v) is 17.7. The molecule has 6 rings (SSSR count). The molecule has 1 aromatic rings. The van der Waals surface area contributed by atoms with Crippen LogP contribution < -0.4 is 4.74 Å². The van der Waals surface area contributed by atoms with Crippen molar-refractivity contribution in [3.63, 3.8) is 0 Å². The number of phenolic OH excluding ortho intramolecular Hbond substituents is 1. The zero-order valence-corrected chi connectivity index (χ0v) is 29.5. The van der Waals surface area contributed by atoms with Crippen LogP contribution in [0.2, 0.25) is 0 Å². The molecule has 0 spiro atoms. The van der Waals surface area contributed by atoms with E-state index in [0.717, 1.165) is 44.9 Å². The number of aliphatic hydroxyl groups is 1. The molecule has 0 heterocycles. The Morgan fingerprint density at radius 3 is 2.38 bits per heavy atom. The summed E-state index contributed by atoms with van der Waals surface area (Å²) in [6.07, 6.45) is 13.5. The van der Waals surface area contributed by atoms with E-state index in [1.54, 1.807) is 18.2 Å². The first-order chi connectivity index (χ1) is 22.0. The number of phenols is 1. The number of carbonyl (C=O) groups is 2. The third-order valence-electron chi connectivity index (χ3n) is 14.8. The molecule has 4 fully saturated rings. The summed E-state index contributed by atoms with van der Waals surface area (Å²) in [5.41, 5.74) is 0.360. The minimum absolute atomic E-state index is 0.0137. The molecule has 7 heteroatoms. The van der Waals surface area contributed by atoms with Gasteiger partial charge < -0.3 is 24.8 Å². The summed E-state index contributed by atoms with van der Waals surface area (Å²) in [5.74, 6) is -0.129. The Morgan fingerprint density at radius 1 is 0.957 bits per heavy atom. The van der Waals surface area contributed by atoms with E-state index in [0.29, 0.717) is 42.4 Å². The van der Waals surface area contributed by atoms with E-state index < -0.39 is 22.8 Å². The predicted octanol–water partition coefficient (Wildman–Crippen LogP) is 8.18. The lowest BCUT2D eigenvalue weighted by atomic mass is 9.33. The van der Waals surface area contributed by atoms with Crippen molar-refractivity contribution < 1.29 is 34.4 Å². The number of carbonyl (C=O) groups excluding carboxylic acids is 1. The molecule has 0 aliphatic heterocycles. The summed E-state index contributed by atoms with van der Waals surface area (Å²) in [7, 11) is 1.49. The summed E-state index contributed by atoms with van der Waals surface area (Å²) in [4.78, 5) is 26.6. The molecule has 5 aliphatic rings. The van der Waals surface area contributed by atoms with Gasteiger partial charge in [-0.05, 0) is 127 Å². The van der Waals surface area contributed by atoms with E-state index in [2.05, 4.69) is 47.6 Å². The van der Waals surface area contributed by atoms with Crippen LogP contribution in [-0.2, 0) is 14.3 Å². The van der Waals surface area contributed by atoms with Crippen LogP contribution in [0.3, 0.4) is 0 Å². The summed E-state index contributed by atoms with van der Waals surface area (Å²) in [6, 6.07) is 4.92. The summed E-state index contributed by atoms with van der Waals surface area (Å²) in [5, 5.41) is 31.9. The Hall–Kier alpha value is -2.80. The standard InChI is InChI=1S/C40H56O7/c1-35(2)18-19-39(34(44)45)20-21-40(24-47-33(43)13-9-25-8-11-28(41)29(22-25)46-7)26(27(39)23-35)10-12-31-37(5)16-15-32(42)36(3,4)30(37)14-17-38(31,40)6/h8-11,13,22,27,30-32,41-42H,12,14-21,23-24H2,1-7H3,(H,44,45)/b13-9-/t27-,30+,31+,32-,37-,38+,39-,40-/m0/s1. The fourth-order valence-corrected chi connectivity index (χ4v) is 11.9. The van der Waals surface area contributed by atoms with Gasteiger partial charge in [0.2, 0.25) is 0 Å². The average Bonchev–Trinajstić information content (AvgIpc) is 3.01. The van der Waals surface area contributed by atoms with Gasteiger partial charge in [0.15, 0.2) is 11.5 Å². The molecule has 1 aromatic carbocycles. The van der Waals surface area contributed by atoms with Gasteiger partial charge in [-0.15, -0.1) is 0 Å². The fraction of sp³-hybridized carbons (Fsp3) is 0.700. The van der Waals surface area contributed by atoms with Crippen LogP contribution in [-0.4, -0.2) is 47.1 Å². The van der Waals surface area contributed by atoms with Crippen molar-refractivity contribution in [1.82, 2.24) is 0 Å². The van der Waals surface area contributed by atoms with Crippen LogP contribution in [0.1, 0.15) is 111 Å². The number of methoxy groups -OCH3 is 1. The van der Waals surface area contributed by atoms with Crippen molar-refractivity contribution in [2.75, 3.05) is 13.7 Å². The van der Waals surface area contributed by atoms with Gasteiger partial charge in [-0.25, -0.2) is 4.79 Å². The topological polar surface area (TPSA) is 113 Å². The van der Waals surface area contributed by atoms with Crippen LogP contribution in [0.25, 0.3) is 6.08 Å². The Kier molecular flexibility index (Phi) is 8.26. The number of aliphatic hydroxyl groups excluding tert-OH is 1. The monoisotopic (exact) mass is 648 g/mol. The number of hydrogen-bond donors (Lipinski definition) is 3. The largest absolute Gasteiger partial charge is 0.504 e. The number of hydrogen-bond acceptors (Lipinski definition) is 6. The highest BCUT2D eigenvalue weighted by atomic mass is 16.5. The van der Waals surface area contributed by atoms with E-state index in [1.807, 2.05) is 0 Å². The highest BCUT2D eigenvalue weighted by molar-refractivity contribution is 5.87. The first-order valence-corrected chi connectivity index (χ1v) is 17.8. The SMILES string of the molecule is COc1cc(/C=C\C(=O)OC[C@@]23CC[C@@]4(C(=O)O)CCC(C)(C)C[C@H]4C2=CC[C@@H]2[C@@]4(C)CC[C@H](O)C(C)(C)[C@H]4CC[C@]23C)ccc1O. The normalized spacial score (nSPS) is 40.2. The molecule has 4 saturated carbocycles. The molecule has 5 aliphatic carbocycles. The molecular weight excluding hydrogens is 592 g/mol. The number of benzene rings is 1. The van der Waals surface area contributed by atoms with Gasteiger partial charge in [-0.1, -0.05) is 59.3 Å². The van der Waals surface area contributed by atoms with Crippen LogP contribution in [0.5, 0.6) is 11.5 Å². The number of rotatable bonds is 6. The zero-order valence-electron chi connectivity index (χ0n) is 29.5. The minimum Gasteiger partial charge on any atom is -0.504 e. The highest BCUT2D eigenvalue weighted by Crippen LogP contribution is 2.76. The lowest BCUT2D eigenvalue weighted by molar-refractivity contribution is -0.217. The molecule has 0 aromatic heterocycles. The van der Waals surface area contributed by atoms with Crippen molar-refractivity contribution in [3.05, 3.63) is 41.5 Å². The number of carboxylic acid groups (broad SMARTS) is 1. The smallest absolute Gasteiger partial charge is 0.330 e. The van der Waals surface area contributed by atoms with E-state index >= 15 is 0 Å². The highest BCUT2D eigenvalue weighted by Gasteiger charge is 2.70. The number of aromatic hydroxyl groups is 1. The van der Waals surface area contributed by atoms with Crippen LogP contribution in [0, 0.1) is 50.2 Å². The first kappa shape index (κ1) is 34.1. The van der Waals surface area contributed by atoms with Gasteiger partial charge in [-0.3, -0.25) is 4.79 Å². The van der Waals surface area contributed by atoms with E-state index in [9.17, 15) is 24.9 Å². The zero-order chi connectivity index (χ0) is 34.2. The minimum atomic E-state index is -0.784. The molecule has 0 radical (unpaired) electrons. The molecular formula is C40H56O7. The van der Waals surface area contributed by atoms with Gasteiger partial charge in [0.05, 0.1) is 18.6 Å². The molecule has 47 heavy (non-hydrogen) atoms. The second kappa shape index (κ2) is 11.4. The Morgan fingerprint density at radius 2 is 1.68 bits per heavy atom. The predicted molar refractivity (Wildman–Crippen MR) is 182 cm³/mol. The maximum absolute atomic E-state index is 13.5. The summed E-state index contributed by atoms with van der Waals surface area (Å²) < 4.78 is 11.5. The third kappa shape index (κ3) is 5.08. The lowest BCUT2D eigenvalue weighted by Gasteiger charge is -2.71. The maximum Gasteiger partial charge on any atom is 0.330 e.